The van der Waals surface area contributed by atoms with E-state index in [1.165, 1.54) is 6.07 Å². The molecule has 2 rings (SSSR count). The fraction of sp³-hybridized carbons (Fsp3) is 0.0769. The van der Waals surface area contributed by atoms with Crippen molar-refractivity contribution in [1.82, 2.24) is 0 Å². The molecule has 0 aliphatic heterocycles. The Hall–Kier alpha value is -2.08. The van der Waals surface area contributed by atoms with Gasteiger partial charge in [0.25, 0.3) is 5.69 Å². The number of hydrogen-bond acceptors (Lipinski definition) is 4. The number of nitro groups is 1. The van der Waals surface area contributed by atoms with Crippen molar-refractivity contribution in [3.8, 4) is 5.75 Å². The van der Waals surface area contributed by atoms with Crippen molar-refractivity contribution in [2.24, 2.45) is 0 Å². The smallest absolute Gasteiger partial charge is 0.292 e. The molecule has 1 N–H and O–H groups in total. The van der Waals surface area contributed by atoms with Gasteiger partial charge in [-0.25, -0.2) is 0 Å². The first-order chi connectivity index (χ1) is 9.10. The molecule has 0 atom stereocenters. The zero-order chi connectivity index (χ0) is 13.8. The second-order valence-electron chi connectivity index (χ2n) is 3.78. The average molecular weight is 323 g/mol. The Morgan fingerprint density at radius 3 is 2.74 bits per heavy atom. The maximum atomic E-state index is 11.0. The fourth-order valence-electron chi connectivity index (χ4n) is 1.62. The highest BCUT2D eigenvalue weighted by atomic mass is 79.9. The van der Waals surface area contributed by atoms with Crippen LogP contribution in [0.4, 0.5) is 17.1 Å². The van der Waals surface area contributed by atoms with Crippen molar-refractivity contribution in [1.29, 1.82) is 0 Å². The van der Waals surface area contributed by atoms with Gasteiger partial charge in [0.05, 0.1) is 12.0 Å². The van der Waals surface area contributed by atoms with Crippen molar-refractivity contribution in [3.05, 3.63) is 57.1 Å². The summed E-state index contributed by atoms with van der Waals surface area (Å²) in [5.74, 6) is 0.683. The number of methoxy groups -OCH3 is 1. The SMILES string of the molecule is COc1cccc(Nc2cc(Br)ccc2[N+](=O)[O-])c1. The third-order valence-corrected chi connectivity index (χ3v) is 3.00. The molecular formula is C13H11BrN2O3. The van der Waals surface area contributed by atoms with E-state index in [0.717, 1.165) is 10.2 Å². The monoisotopic (exact) mass is 322 g/mol. The molecule has 2 aromatic rings. The third-order valence-electron chi connectivity index (χ3n) is 2.50. The Morgan fingerprint density at radius 1 is 1.26 bits per heavy atom. The molecule has 0 heterocycles. The van der Waals surface area contributed by atoms with Gasteiger partial charge in [-0.1, -0.05) is 22.0 Å². The number of nitrogens with one attached hydrogen (secondary N) is 1. The van der Waals surface area contributed by atoms with Gasteiger partial charge in [-0.15, -0.1) is 0 Å². The van der Waals surface area contributed by atoms with Crippen LogP contribution in [0.3, 0.4) is 0 Å². The summed E-state index contributed by atoms with van der Waals surface area (Å²) in [7, 11) is 1.57. The lowest BCUT2D eigenvalue weighted by molar-refractivity contribution is -0.383. The van der Waals surface area contributed by atoms with E-state index < -0.39 is 4.92 Å². The summed E-state index contributed by atoms with van der Waals surface area (Å²) in [6, 6.07) is 11.9. The molecule has 0 unspecified atom stereocenters. The molecule has 0 aromatic heterocycles. The summed E-state index contributed by atoms with van der Waals surface area (Å²) < 4.78 is 5.88. The molecule has 0 saturated carbocycles. The summed E-state index contributed by atoms with van der Waals surface area (Å²) >= 11 is 3.30. The molecule has 0 aliphatic carbocycles. The van der Waals surface area contributed by atoms with Gasteiger partial charge < -0.3 is 10.1 Å². The second-order valence-corrected chi connectivity index (χ2v) is 4.69. The quantitative estimate of drug-likeness (QED) is 0.679. The first-order valence-corrected chi connectivity index (χ1v) is 6.24. The van der Waals surface area contributed by atoms with E-state index in [1.807, 2.05) is 12.1 Å². The van der Waals surface area contributed by atoms with Gasteiger partial charge in [0, 0.05) is 22.3 Å². The van der Waals surface area contributed by atoms with Gasteiger partial charge in [0.1, 0.15) is 11.4 Å². The van der Waals surface area contributed by atoms with Crippen LogP contribution in [0.2, 0.25) is 0 Å². The van der Waals surface area contributed by atoms with Crippen molar-refractivity contribution in [2.45, 2.75) is 0 Å². The number of halogens is 1. The molecule has 0 radical (unpaired) electrons. The largest absolute Gasteiger partial charge is 0.497 e. The number of anilines is 2. The first-order valence-electron chi connectivity index (χ1n) is 5.45. The van der Waals surface area contributed by atoms with Gasteiger partial charge in [0.15, 0.2) is 0 Å². The van der Waals surface area contributed by atoms with Crippen molar-refractivity contribution in [3.63, 3.8) is 0 Å². The van der Waals surface area contributed by atoms with Crippen LogP contribution in [0.25, 0.3) is 0 Å². The van der Waals surface area contributed by atoms with Crippen LogP contribution in [0.5, 0.6) is 5.75 Å². The van der Waals surface area contributed by atoms with Gasteiger partial charge >= 0.3 is 0 Å². The summed E-state index contributed by atoms with van der Waals surface area (Å²) in [6.45, 7) is 0. The normalized spacial score (nSPS) is 10.0. The Kier molecular flexibility index (Phi) is 4.01. The summed E-state index contributed by atoms with van der Waals surface area (Å²) in [6.07, 6.45) is 0. The minimum Gasteiger partial charge on any atom is -0.497 e. The van der Waals surface area contributed by atoms with E-state index in [-0.39, 0.29) is 5.69 Å². The number of nitro benzene ring substituents is 1. The molecule has 98 valence electrons. The molecule has 5 nitrogen and oxygen atoms in total. The lowest BCUT2D eigenvalue weighted by Crippen LogP contribution is -1.97. The lowest BCUT2D eigenvalue weighted by Gasteiger charge is -2.09. The van der Waals surface area contributed by atoms with Gasteiger partial charge in [-0.2, -0.15) is 0 Å². The van der Waals surface area contributed by atoms with Gasteiger partial charge in [-0.3, -0.25) is 10.1 Å². The second kappa shape index (κ2) is 5.71. The minimum atomic E-state index is -0.422. The molecule has 6 heteroatoms. The van der Waals surface area contributed by atoms with Gasteiger partial charge in [-0.05, 0) is 24.3 Å². The van der Waals surface area contributed by atoms with Crippen molar-refractivity contribution in [2.75, 3.05) is 12.4 Å². The minimum absolute atomic E-state index is 0.0195. The maximum absolute atomic E-state index is 11.0. The van der Waals surface area contributed by atoms with E-state index in [4.69, 9.17) is 4.74 Å². The molecule has 0 saturated heterocycles. The van der Waals surface area contributed by atoms with E-state index in [9.17, 15) is 10.1 Å². The third kappa shape index (κ3) is 3.23. The van der Waals surface area contributed by atoms with E-state index in [0.29, 0.717) is 11.4 Å². The standard InChI is InChI=1S/C13H11BrN2O3/c1-19-11-4-2-3-10(8-11)15-12-7-9(14)5-6-13(12)16(17)18/h2-8,15H,1H3. The van der Waals surface area contributed by atoms with E-state index in [2.05, 4.69) is 21.2 Å². The predicted octanol–water partition coefficient (Wildman–Crippen LogP) is 4.11. The van der Waals surface area contributed by atoms with Crippen molar-refractivity contribution >= 4 is 33.0 Å². The van der Waals surface area contributed by atoms with E-state index in [1.54, 1.807) is 31.4 Å². The highest BCUT2D eigenvalue weighted by Crippen LogP contribution is 2.31. The summed E-state index contributed by atoms with van der Waals surface area (Å²) in [5, 5.41) is 14.0. The van der Waals surface area contributed by atoms with Crippen LogP contribution in [0.15, 0.2) is 46.9 Å². The molecule has 0 aliphatic rings. The Bertz CT molecular complexity index is 617. The number of hydrogen-bond donors (Lipinski definition) is 1. The average Bonchev–Trinajstić information content (AvgIpc) is 2.38. The van der Waals surface area contributed by atoms with Crippen LogP contribution in [0, 0.1) is 10.1 Å². The number of nitrogens with zero attached hydrogens (tertiary/aromatic N) is 1. The molecule has 0 fully saturated rings. The van der Waals surface area contributed by atoms with E-state index >= 15 is 0 Å². The van der Waals surface area contributed by atoms with Gasteiger partial charge in [0.2, 0.25) is 0 Å². The number of rotatable bonds is 4. The first kappa shape index (κ1) is 13.4. The zero-order valence-electron chi connectivity index (χ0n) is 10.1. The Morgan fingerprint density at radius 2 is 2.05 bits per heavy atom. The maximum Gasteiger partial charge on any atom is 0.292 e. The van der Waals surface area contributed by atoms with Crippen LogP contribution in [0.1, 0.15) is 0 Å². The highest BCUT2D eigenvalue weighted by Gasteiger charge is 2.14. The van der Waals surface area contributed by atoms with Crippen LogP contribution >= 0.6 is 15.9 Å². The molecule has 2 aromatic carbocycles. The van der Waals surface area contributed by atoms with Crippen LogP contribution in [-0.4, -0.2) is 12.0 Å². The molecule has 0 amide bonds. The summed E-state index contributed by atoms with van der Waals surface area (Å²) in [4.78, 5) is 10.6. The summed E-state index contributed by atoms with van der Waals surface area (Å²) in [5.41, 5.74) is 1.17. The zero-order valence-corrected chi connectivity index (χ0v) is 11.7. The molecule has 0 bridgehead atoms. The lowest BCUT2D eigenvalue weighted by atomic mass is 10.2. The van der Waals surface area contributed by atoms with Crippen LogP contribution in [-0.2, 0) is 0 Å². The molecule has 19 heavy (non-hydrogen) atoms. The molecule has 0 spiro atoms. The number of ether oxygens (including phenoxy) is 1. The predicted molar refractivity (Wildman–Crippen MR) is 77.1 cm³/mol. The topological polar surface area (TPSA) is 64.4 Å². The number of benzene rings is 2. The Balaban J connectivity index is 2.36. The van der Waals surface area contributed by atoms with Crippen molar-refractivity contribution < 1.29 is 9.66 Å². The molecular weight excluding hydrogens is 312 g/mol. The van der Waals surface area contributed by atoms with Crippen LogP contribution < -0.4 is 10.1 Å². The fourth-order valence-corrected chi connectivity index (χ4v) is 1.99. The highest BCUT2D eigenvalue weighted by molar-refractivity contribution is 9.10. The Labute approximate surface area is 118 Å².